The fourth-order valence-electron chi connectivity index (χ4n) is 1.01. The first-order valence-electron chi connectivity index (χ1n) is 3.72. The number of halogens is 1. The van der Waals surface area contributed by atoms with Crippen molar-refractivity contribution in [3.63, 3.8) is 0 Å². The van der Waals surface area contributed by atoms with Gasteiger partial charge in [-0.3, -0.25) is 0 Å². The highest BCUT2D eigenvalue weighted by atomic mass is 19.1. The fourth-order valence-corrected chi connectivity index (χ4v) is 1.01. The summed E-state index contributed by atoms with van der Waals surface area (Å²) in [4.78, 5) is 0. The lowest BCUT2D eigenvalue weighted by Gasteiger charge is -2.07. The quantitative estimate of drug-likeness (QED) is 0.703. The average molecular weight is 170 g/mol. The van der Waals surface area contributed by atoms with Crippen LogP contribution in [0.4, 0.5) is 4.39 Å². The third-order valence-corrected chi connectivity index (χ3v) is 1.69. The lowest BCUT2D eigenvalue weighted by Crippen LogP contribution is -1.97. The van der Waals surface area contributed by atoms with Crippen LogP contribution in [0.3, 0.4) is 0 Å². The van der Waals surface area contributed by atoms with E-state index in [1.807, 2.05) is 0 Å². The predicted octanol–water partition coefficient (Wildman–Crippen LogP) is 1.37. The van der Waals surface area contributed by atoms with Crippen molar-refractivity contribution in [1.29, 1.82) is 0 Å². The fraction of sp³-hybridized carbons (Fsp3) is 0.333. The van der Waals surface area contributed by atoms with Crippen molar-refractivity contribution in [3.8, 4) is 0 Å². The van der Waals surface area contributed by atoms with E-state index in [-0.39, 0.29) is 12.2 Å². The summed E-state index contributed by atoms with van der Waals surface area (Å²) in [6.07, 6.45) is -0.837. The van der Waals surface area contributed by atoms with Crippen molar-refractivity contribution < 1.29 is 14.6 Å². The average Bonchev–Trinajstić information content (AvgIpc) is 2.05. The first-order chi connectivity index (χ1) is 5.65. The second-order valence-electron chi connectivity index (χ2n) is 2.69. The van der Waals surface area contributed by atoms with Crippen LogP contribution in [0.2, 0.25) is 0 Å². The minimum absolute atomic E-state index is 0.139. The molecule has 66 valence electrons. The summed E-state index contributed by atoms with van der Waals surface area (Å²) in [5, 5.41) is 17.8. The summed E-state index contributed by atoms with van der Waals surface area (Å²) in [5.41, 5.74) is 0.828. The summed E-state index contributed by atoms with van der Waals surface area (Å²) in [5.74, 6) is -0.442. The molecule has 12 heavy (non-hydrogen) atoms. The Bertz CT molecular complexity index is 271. The maximum absolute atomic E-state index is 12.9. The molecule has 0 saturated carbocycles. The molecule has 0 saturated heterocycles. The molecule has 3 heteroatoms. The van der Waals surface area contributed by atoms with Crippen LogP contribution in [0.5, 0.6) is 0 Å². The van der Waals surface area contributed by atoms with Gasteiger partial charge < -0.3 is 10.2 Å². The van der Waals surface area contributed by atoms with Gasteiger partial charge in [-0.2, -0.15) is 0 Å². The molecule has 1 aromatic carbocycles. The van der Waals surface area contributed by atoms with Crippen molar-refractivity contribution in [3.05, 3.63) is 35.1 Å². The van der Waals surface area contributed by atoms with Gasteiger partial charge in [-0.15, -0.1) is 0 Å². The Morgan fingerprint density at radius 1 is 1.50 bits per heavy atom. The maximum Gasteiger partial charge on any atom is 0.129 e. The Morgan fingerprint density at radius 2 is 2.17 bits per heavy atom. The molecule has 0 bridgehead atoms. The smallest absolute Gasteiger partial charge is 0.129 e. The van der Waals surface area contributed by atoms with Gasteiger partial charge in [-0.05, 0) is 24.6 Å². The van der Waals surface area contributed by atoms with Crippen LogP contribution in [0, 0.1) is 5.82 Å². The third kappa shape index (κ3) is 1.81. The van der Waals surface area contributed by atoms with Crippen molar-refractivity contribution >= 4 is 0 Å². The molecule has 0 aliphatic carbocycles. The lowest BCUT2D eigenvalue weighted by molar-refractivity contribution is 0.193. The molecule has 1 atom stereocenters. The third-order valence-electron chi connectivity index (χ3n) is 1.69. The van der Waals surface area contributed by atoms with Gasteiger partial charge in [-0.1, -0.05) is 6.07 Å². The predicted molar refractivity (Wildman–Crippen MR) is 43.0 cm³/mol. The summed E-state index contributed by atoms with van der Waals surface area (Å²) >= 11 is 0. The lowest BCUT2D eigenvalue weighted by atomic mass is 10.1. The van der Waals surface area contributed by atoms with E-state index in [1.54, 1.807) is 0 Å². The van der Waals surface area contributed by atoms with Crippen LogP contribution in [0.1, 0.15) is 24.2 Å². The van der Waals surface area contributed by atoms with E-state index >= 15 is 0 Å². The minimum atomic E-state index is -0.837. The first kappa shape index (κ1) is 9.16. The molecule has 0 amide bonds. The molecule has 0 spiro atoms. The Hall–Kier alpha value is -0.930. The zero-order valence-electron chi connectivity index (χ0n) is 6.79. The van der Waals surface area contributed by atoms with E-state index in [1.165, 1.54) is 25.1 Å². The van der Waals surface area contributed by atoms with Crippen molar-refractivity contribution in [2.45, 2.75) is 19.6 Å². The molecule has 0 aliphatic rings. The van der Waals surface area contributed by atoms with Gasteiger partial charge in [-0.25, -0.2) is 4.39 Å². The normalized spacial score (nSPS) is 13.0. The van der Waals surface area contributed by atoms with E-state index in [9.17, 15) is 4.39 Å². The van der Waals surface area contributed by atoms with Crippen LogP contribution in [-0.4, -0.2) is 10.2 Å². The van der Waals surface area contributed by atoms with Crippen molar-refractivity contribution in [1.82, 2.24) is 0 Å². The van der Waals surface area contributed by atoms with E-state index in [4.69, 9.17) is 10.2 Å². The molecule has 0 fully saturated rings. The maximum atomic E-state index is 12.9. The van der Waals surface area contributed by atoms with Gasteiger partial charge in [0, 0.05) is 5.56 Å². The number of aliphatic hydroxyl groups excluding tert-OH is 2. The molecule has 1 aromatic rings. The van der Waals surface area contributed by atoms with Gasteiger partial charge in [0.05, 0.1) is 12.7 Å². The van der Waals surface area contributed by atoms with Crippen LogP contribution < -0.4 is 0 Å². The van der Waals surface area contributed by atoms with Gasteiger partial charge in [0.25, 0.3) is 0 Å². The summed E-state index contributed by atoms with van der Waals surface area (Å²) in [6, 6.07) is 4.19. The first-order valence-corrected chi connectivity index (χ1v) is 3.72. The van der Waals surface area contributed by atoms with Gasteiger partial charge in [0.1, 0.15) is 5.82 Å². The highest BCUT2D eigenvalue weighted by Gasteiger charge is 2.07. The van der Waals surface area contributed by atoms with Gasteiger partial charge >= 0.3 is 0 Å². The summed E-state index contributed by atoms with van der Waals surface area (Å²) in [7, 11) is 0. The highest BCUT2D eigenvalue weighted by molar-refractivity contribution is 5.25. The van der Waals surface area contributed by atoms with Crippen LogP contribution >= 0.6 is 0 Å². The standard InChI is InChI=1S/C9H11FO2/c1-6(12)8-4-7(5-11)2-3-9(8)10/h2-4,6,11-12H,5H2,1H3. The Labute approximate surface area is 70.3 Å². The van der Waals surface area contributed by atoms with Gasteiger partial charge in [0.15, 0.2) is 0 Å². The van der Waals surface area contributed by atoms with Gasteiger partial charge in [0.2, 0.25) is 0 Å². The number of hydrogen-bond donors (Lipinski definition) is 2. The molecule has 0 aliphatic heterocycles. The topological polar surface area (TPSA) is 40.5 Å². The molecular weight excluding hydrogens is 159 g/mol. The largest absolute Gasteiger partial charge is 0.392 e. The molecule has 2 N–H and O–H groups in total. The van der Waals surface area contributed by atoms with E-state index in [0.29, 0.717) is 5.56 Å². The van der Waals surface area contributed by atoms with Crippen molar-refractivity contribution in [2.24, 2.45) is 0 Å². The van der Waals surface area contributed by atoms with E-state index < -0.39 is 11.9 Å². The summed E-state index contributed by atoms with van der Waals surface area (Å²) < 4.78 is 12.9. The zero-order chi connectivity index (χ0) is 9.14. The highest BCUT2D eigenvalue weighted by Crippen LogP contribution is 2.17. The number of rotatable bonds is 2. The Morgan fingerprint density at radius 3 is 2.67 bits per heavy atom. The van der Waals surface area contributed by atoms with Crippen LogP contribution in [-0.2, 0) is 6.61 Å². The molecule has 1 rings (SSSR count). The molecule has 1 unspecified atom stereocenters. The zero-order valence-corrected chi connectivity index (χ0v) is 6.79. The Balaban J connectivity index is 3.08. The SMILES string of the molecule is CC(O)c1cc(CO)ccc1F. The Kier molecular flexibility index (Phi) is 2.78. The van der Waals surface area contributed by atoms with Crippen LogP contribution in [0.15, 0.2) is 18.2 Å². The molecule has 0 radical (unpaired) electrons. The van der Waals surface area contributed by atoms with E-state index in [2.05, 4.69) is 0 Å². The molecule has 0 aromatic heterocycles. The minimum Gasteiger partial charge on any atom is -0.392 e. The number of hydrogen-bond acceptors (Lipinski definition) is 2. The number of benzene rings is 1. The molecule has 0 heterocycles. The molecule has 2 nitrogen and oxygen atoms in total. The monoisotopic (exact) mass is 170 g/mol. The van der Waals surface area contributed by atoms with Crippen LogP contribution in [0.25, 0.3) is 0 Å². The molecular formula is C9H11FO2. The van der Waals surface area contributed by atoms with E-state index in [0.717, 1.165) is 0 Å². The number of aliphatic hydroxyl groups is 2. The second-order valence-corrected chi connectivity index (χ2v) is 2.69. The summed E-state index contributed by atoms with van der Waals surface area (Å²) in [6.45, 7) is 1.35. The second kappa shape index (κ2) is 3.65. The van der Waals surface area contributed by atoms with Crippen molar-refractivity contribution in [2.75, 3.05) is 0 Å².